The summed E-state index contributed by atoms with van der Waals surface area (Å²) in [6.45, 7) is -0.354. The summed E-state index contributed by atoms with van der Waals surface area (Å²) in [7, 11) is 1.21. The Morgan fingerprint density at radius 3 is 2.63 bits per heavy atom. The number of amides is 2. The fourth-order valence-corrected chi connectivity index (χ4v) is 2.37. The number of methoxy groups -OCH3 is 1. The van der Waals surface area contributed by atoms with Gasteiger partial charge < -0.3 is 4.74 Å². The van der Waals surface area contributed by atoms with Gasteiger partial charge in [-0.25, -0.2) is 0 Å². The first-order chi connectivity index (χ1) is 9.11. The number of thioether (sulfide) groups is 1. The van der Waals surface area contributed by atoms with Gasteiger partial charge in [0.2, 0.25) is 0 Å². The summed E-state index contributed by atoms with van der Waals surface area (Å²) >= 11 is 0.820. The molecule has 0 saturated carbocycles. The fraction of sp³-hybridized carbons (Fsp3) is 0.154. The molecule has 1 aromatic carbocycles. The van der Waals surface area contributed by atoms with Crippen LogP contribution in [0.4, 0.5) is 4.79 Å². The van der Waals surface area contributed by atoms with E-state index in [0.717, 1.165) is 22.2 Å². The van der Waals surface area contributed by atoms with E-state index in [1.165, 1.54) is 7.11 Å². The van der Waals surface area contributed by atoms with Crippen LogP contribution in [0.15, 0.2) is 35.2 Å². The van der Waals surface area contributed by atoms with Gasteiger partial charge in [-0.15, -0.1) is 0 Å². The molecule has 2 rings (SSSR count). The summed E-state index contributed by atoms with van der Waals surface area (Å²) in [6.07, 6.45) is 1.63. The zero-order chi connectivity index (χ0) is 13.8. The van der Waals surface area contributed by atoms with Crippen LogP contribution in [0.5, 0.6) is 0 Å². The van der Waals surface area contributed by atoms with Gasteiger partial charge in [0.1, 0.15) is 6.54 Å². The van der Waals surface area contributed by atoms with Gasteiger partial charge in [0, 0.05) is 0 Å². The number of carbonyl (C=O) groups is 3. The van der Waals surface area contributed by atoms with Gasteiger partial charge in [-0.1, -0.05) is 30.3 Å². The number of carbonyl (C=O) groups excluding carboxylic acids is 3. The normalized spacial score (nSPS) is 17.1. The Labute approximate surface area is 114 Å². The van der Waals surface area contributed by atoms with Crippen LogP contribution < -0.4 is 0 Å². The highest BCUT2D eigenvalue weighted by atomic mass is 32.2. The number of imide groups is 1. The summed E-state index contributed by atoms with van der Waals surface area (Å²) in [4.78, 5) is 35.9. The van der Waals surface area contributed by atoms with Crippen molar-refractivity contribution in [3.63, 3.8) is 0 Å². The van der Waals surface area contributed by atoms with Crippen LogP contribution in [0.2, 0.25) is 0 Å². The zero-order valence-corrected chi connectivity index (χ0v) is 11.0. The first-order valence-electron chi connectivity index (χ1n) is 5.49. The molecular weight excluding hydrogens is 266 g/mol. The van der Waals surface area contributed by atoms with Crippen molar-refractivity contribution in [1.29, 1.82) is 0 Å². The molecule has 5 nitrogen and oxygen atoms in total. The number of ether oxygens (including phenoxy) is 1. The highest BCUT2D eigenvalue weighted by Crippen LogP contribution is 2.31. The van der Waals surface area contributed by atoms with E-state index in [0.29, 0.717) is 4.91 Å². The summed E-state index contributed by atoms with van der Waals surface area (Å²) in [5.74, 6) is -1.09. The molecule has 0 bridgehead atoms. The lowest BCUT2D eigenvalue weighted by Crippen LogP contribution is -2.34. The van der Waals surface area contributed by atoms with E-state index in [4.69, 9.17) is 0 Å². The maximum absolute atomic E-state index is 12.0. The van der Waals surface area contributed by atoms with Crippen LogP contribution in [0.3, 0.4) is 0 Å². The first-order valence-corrected chi connectivity index (χ1v) is 6.30. The van der Waals surface area contributed by atoms with E-state index in [2.05, 4.69) is 4.74 Å². The van der Waals surface area contributed by atoms with E-state index in [1.54, 1.807) is 6.08 Å². The minimum absolute atomic E-state index is 0.306. The molecular formula is C13H11NO4S. The fourth-order valence-electron chi connectivity index (χ4n) is 1.53. The van der Waals surface area contributed by atoms with Gasteiger partial charge in [0.15, 0.2) is 0 Å². The molecule has 0 N–H and O–H groups in total. The van der Waals surface area contributed by atoms with Crippen molar-refractivity contribution in [1.82, 2.24) is 4.90 Å². The van der Waals surface area contributed by atoms with Gasteiger partial charge in [0.05, 0.1) is 12.0 Å². The first kappa shape index (κ1) is 13.4. The molecule has 1 aromatic rings. The van der Waals surface area contributed by atoms with E-state index >= 15 is 0 Å². The number of hydrogen-bond acceptors (Lipinski definition) is 5. The quantitative estimate of drug-likeness (QED) is 0.623. The van der Waals surface area contributed by atoms with Crippen LogP contribution in [0.25, 0.3) is 6.08 Å². The molecule has 1 fully saturated rings. The van der Waals surface area contributed by atoms with Gasteiger partial charge in [-0.05, 0) is 23.4 Å². The third kappa shape index (κ3) is 3.03. The summed E-state index contributed by atoms with van der Waals surface area (Å²) in [5.41, 5.74) is 0.825. The number of rotatable bonds is 3. The van der Waals surface area contributed by atoms with E-state index in [-0.39, 0.29) is 6.54 Å². The summed E-state index contributed by atoms with van der Waals surface area (Å²) in [6, 6.07) is 9.19. The standard InChI is InChI=1S/C13H11NO4S/c1-18-11(15)8-14-12(16)10(19-13(14)17)7-9-5-3-2-4-6-9/h2-7H,8H2,1H3/b10-7+. The summed E-state index contributed by atoms with van der Waals surface area (Å²) < 4.78 is 4.45. The SMILES string of the molecule is COC(=O)CN1C(=O)S/C(=C/c2ccccc2)C1=O. The summed E-state index contributed by atoms with van der Waals surface area (Å²) in [5, 5.41) is -0.461. The zero-order valence-electron chi connectivity index (χ0n) is 10.2. The lowest BCUT2D eigenvalue weighted by Gasteiger charge is -2.09. The Morgan fingerprint density at radius 1 is 1.32 bits per heavy atom. The van der Waals surface area contributed by atoms with Crippen molar-refractivity contribution in [2.45, 2.75) is 0 Å². The largest absolute Gasteiger partial charge is 0.468 e. The molecule has 0 atom stereocenters. The molecule has 2 amide bonds. The maximum atomic E-state index is 12.0. The monoisotopic (exact) mass is 277 g/mol. The minimum Gasteiger partial charge on any atom is -0.468 e. The number of benzene rings is 1. The number of esters is 1. The smallest absolute Gasteiger partial charge is 0.325 e. The van der Waals surface area contributed by atoms with E-state index in [9.17, 15) is 14.4 Å². The Morgan fingerprint density at radius 2 is 2.00 bits per heavy atom. The van der Waals surface area contributed by atoms with Gasteiger partial charge in [-0.3, -0.25) is 19.3 Å². The Kier molecular flexibility index (Phi) is 4.01. The number of hydrogen-bond donors (Lipinski definition) is 0. The Bertz CT molecular complexity index is 553. The highest BCUT2D eigenvalue weighted by Gasteiger charge is 2.36. The molecule has 98 valence electrons. The lowest BCUT2D eigenvalue weighted by molar-refractivity contribution is -0.143. The molecule has 0 aromatic heterocycles. The second kappa shape index (κ2) is 5.71. The van der Waals surface area contributed by atoms with Crippen molar-refractivity contribution >= 4 is 35.0 Å². The Hall–Kier alpha value is -2.08. The lowest BCUT2D eigenvalue weighted by atomic mass is 10.2. The molecule has 19 heavy (non-hydrogen) atoms. The molecule has 0 spiro atoms. The van der Waals surface area contributed by atoms with Crippen LogP contribution in [-0.4, -0.2) is 35.7 Å². The molecule has 1 heterocycles. The van der Waals surface area contributed by atoms with Gasteiger partial charge >= 0.3 is 5.97 Å². The molecule has 1 aliphatic rings. The molecule has 0 aliphatic carbocycles. The van der Waals surface area contributed by atoms with Crippen molar-refractivity contribution in [3.8, 4) is 0 Å². The average Bonchev–Trinajstić information content (AvgIpc) is 2.67. The predicted molar refractivity (Wildman–Crippen MR) is 71.1 cm³/mol. The predicted octanol–water partition coefficient (Wildman–Crippen LogP) is 1.90. The van der Waals surface area contributed by atoms with E-state index < -0.39 is 17.1 Å². The van der Waals surface area contributed by atoms with Crippen molar-refractivity contribution < 1.29 is 19.1 Å². The Balaban J connectivity index is 2.18. The van der Waals surface area contributed by atoms with Crippen molar-refractivity contribution in [3.05, 3.63) is 40.8 Å². The van der Waals surface area contributed by atoms with Gasteiger partial charge in [0.25, 0.3) is 11.1 Å². The molecule has 1 aliphatic heterocycles. The van der Waals surface area contributed by atoms with Crippen molar-refractivity contribution in [2.24, 2.45) is 0 Å². The van der Waals surface area contributed by atoms with Crippen LogP contribution >= 0.6 is 11.8 Å². The highest BCUT2D eigenvalue weighted by molar-refractivity contribution is 8.18. The maximum Gasteiger partial charge on any atom is 0.325 e. The minimum atomic E-state index is -0.622. The molecule has 0 radical (unpaired) electrons. The van der Waals surface area contributed by atoms with E-state index in [1.807, 2.05) is 30.3 Å². The second-order valence-electron chi connectivity index (χ2n) is 3.75. The molecule has 1 saturated heterocycles. The molecule has 0 unspecified atom stereocenters. The van der Waals surface area contributed by atoms with Crippen LogP contribution in [0, 0.1) is 0 Å². The molecule has 6 heteroatoms. The average molecular weight is 277 g/mol. The van der Waals surface area contributed by atoms with Gasteiger partial charge in [-0.2, -0.15) is 0 Å². The third-order valence-electron chi connectivity index (χ3n) is 2.49. The number of nitrogens with zero attached hydrogens (tertiary/aromatic N) is 1. The third-order valence-corrected chi connectivity index (χ3v) is 3.39. The topological polar surface area (TPSA) is 63.7 Å². The second-order valence-corrected chi connectivity index (χ2v) is 4.75. The van der Waals surface area contributed by atoms with Crippen LogP contribution in [-0.2, 0) is 14.3 Å². The van der Waals surface area contributed by atoms with Crippen molar-refractivity contribution in [2.75, 3.05) is 13.7 Å². The van der Waals surface area contributed by atoms with Crippen LogP contribution in [0.1, 0.15) is 5.56 Å².